The van der Waals surface area contributed by atoms with Crippen LogP contribution in [0.25, 0.3) is 21.8 Å². The van der Waals surface area contributed by atoms with Gasteiger partial charge in [-0.2, -0.15) is 0 Å². The molecule has 41 nitrogen and oxygen atoms in total. The number of aliphatic hydroxyl groups excluding tert-OH is 1. The van der Waals surface area contributed by atoms with Gasteiger partial charge in [0.05, 0.1) is 25.3 Å². The van der Waals surface area contributed by atoms with Crippen molar-refractivity contribution in [3.63, 3.8) is 0 Å². The quantitative estimate of drug-likeness (QED) is 0.0144. The number of aromatic hydroxyl groups is 1. The van der Waals surface area contributed by atoms with Crippen LogP contribution in [0.5, 0.6) is 5.75 Å². The number of thioether (sulfide) groups is 1. The van der Waals surface area contributed by atoms with Gasteiger partial charge in [0.2, 0.25) is 100 Å². The van der Waals surface area contributed by atoms with Crippen molar-refractivity contribution in [2.45, 2.75) is 209 Å². The van der Waals surface area contributed by atoms with Crippen LogP contribution in [-0.2, 0) is 101 Å². The monoisotopic (exact) mass is 1800 g/mol. The second-order valence-corrected chi connectivity index (χ2v) is 33.7. The average molecular weight is 1800 g/mol. The Labute approximate surface area is 744 Å². The second-order valence-electron chi connectivity index (χ2n) is 32.7. The lowest BCUT2D eigenvalue weighted by atomic mass is 10.0. The van der Waals surface area contributed by atoms with Crippen molar-refractivity contribution >= 4 is 140 Å². The summed E-state index contributed by atoms with van der Waals surface area (Å²) < 4.78 is 0. The average Bonchev–Trinajstić information content (AvgIpc) is 1.70. The van der Waals surface area contributed by atoms with Gasteiger partial charge >= 0.3 is 0 Å². The first-order chi connectivity index (χ1) is 60.8. The van der Waals surface area contributed by atoms with E-state index < -0.39 is 222 Å². The molecule has 3 fully saturated rings. The van der Waals surface area contributed by atoms with E-state index in [4.69, 9.17) is 22.6 Å². The number of para-hydroxylation sites is 2. The largest absolute Gasteiger partial charge is 0.508 e. The number of unbranched alkanes of at least 4 members (excludes halogenated alkanes) is 1. The lowest BCUT2D eigenvalue weighted by Crippen LogP contribution is -2.61. The number of nitrogens with one attached hydrogen (secondary N) is 14. The highest BCUT2D eigenvalue weighted by molar-refractivity contribution is 8.00. The van der Waals surface area contributed by atoms with Crippen molar-refractivity contribution < 1.29 is 91.7 Å². The maximum Gasteiger partial charge on any atom is 0.247 e. The number of rotatable bonds is 22. The molecule has 8 rings (SSSR count). The highest BCUT2D eigenvalue weighted by atomic mass is 32.2. The van der Waals surface area contributed by atoms with Crippen LogP contribution in [0.1, 0.15) is 122 Å². The molecule has 694 valence electrons. The SMILES string of the molecule is C=C[C@H]1C(=O)N[C@@H](CC(N)=O)C(=O)N2CCC[C@H]2C(=O)N[C@@H](CO)C(=O)N[C@@H](CC(C)C)C(=O)N2CCC[C@H]2C(=O)N[C@@H](Cc2c[nH]c3ccccc23)C(=O)N[C@@H](C)C(=O)N[C@@H](Cc2c[nH]c3ccccc23)C(=O)N(C)[C@@H](CCCC)C(=O)N(C)[C@@H](C)C(=O)N[C@@H](CCCNC(=N)N)C(=O)NC(C(=O)NCC(N)=O)CSCC(=O)NC(Cc2ccc(O)cc2)C(=O)N1C. The number of hydrogen-bond donors (Lipinski definition) is 19. The number of carbonyl (C=O) groups is 17. The molecule has 42 heteroatoms. The fourth-order valence-electron chi connectivity index (χ4n) is 15.6. The van der Waals surface area contributed by atoms with Gasteiger partial charge in [-0.1, -0.05) is 88.2 Å². The highest BCUT2D eigenvalue weighted by Gasteiger charge is 2.45. The molecule has 3 aliphatic rings. The maximum absolute atomic E-state index is 15.5. The number of phenols is 1. The fourth-order valence-corrected chi connectivity index (χ4v) is 16.5. The fraction of sp³-hybridized carbons (Fsp3) is 0.512. The first kappa shape index (κ1) is 100. The number of aromatic nitrogens is 2. The number of nitrogens with zero attached hydrogens (tertiary/aromatic N) is 5. The van der Waals surface area contributed by atoms with E-state index in [1.165, 1.54) is 64.2 Å². The molecule has 22 N–H and O–H groups in total. The number of aliphatic hydroxyl groups is 1. The third-order valence-electron chi connectivity index (χ3n) is 22.7. The van der Waals surface area contributed by atoms with Crippen molar-refractivity contribution in [2.24, 2.45) is 23.1 Å². The number of primary amides is 2. The highest BCUT2D eigenvalue weighted by Crippen LogP contribution is 2.27. The van der Waals surface area contributed by atoms with Gasteiger partial charge in [-0.25, -0.2) is 0 Å². The molecule has 3 aromatic carbocycles. The standard InChI is InChI=1S/C86H120N22O19S/c1-10-12-25-68-85(127)104(7)48(6)73(115)97-57(24-17-32-91-86(89)90)75(117)103-64(74(116)94-42-70(88)112)44-128-45-71(113)96-60(36-49-28-30-52(110)31-29-49)81(123)105(8)65(11-2)78(120)101-62(39-69(87)111)84(126)108-34-19-27-67(108)80(122)102-63(43-109)77(119)100-59(35-46(3)4)83(125)107-33-18-26-66(107)79(121)98-58(37-50-40-92-55-22-15-13-20-53(50)55)76(118)95-47(5)72(114)99-61(82(124)106(68)9)38-51-41-93-56-23-16-14-21-54(51)56/h11,13-16,20-23,28-31,40-41,46-48,57-68,92-93,109-110H,2,10,12,17-19,24-27,32-39,42-45H2,1,3-9H3,(H2,87,111)(H2,88,112)(H,94,116)(H,95,118)(H,96,113)(H,97,115)(H,98,121)(H,99,114)(H,100,119)(H,101,120)(H,102,122)(H,103,117)(H4,89,90,91)/t47-,48-,57-,58-,59-,60?,61-,62-,63-,64?,65-,66-,67-,68-/m0/s1. The predicted molar refractivity (Wildman–Crippen MR) is 472 cm³/mol. The van der Waals surface area contributed by atoms with Gasteiger partial charge in [0.25, 0.3) is 0 Å². The van der Waals surface area contributed by atoms with Crippen molar-refractivity contribution in [2.75, 3.05) is 65.4 Å². The predicted octanol–water partition coefficient (Wildman–Crippen LogP) is -2.85. The Morgan fingerprint density at radius 1 is 0.562 bits per heavy atom. The molecule has 0 spiro atoms. The van der Waals surface area contributed by atoms with E-state index in [0.717, 1.165) is 37.4 Å². The van der Waals surface area contributed by atoms with Crippen molar-refractivity contribution in [1.82, 2.24) is 93.0 Å². The molecule has 0 saturated carbocycles. The van der Waals surface area contributed by atoms with Crippen LogP contribution in [0.4, 0.5) is 0 Å². The van der Waals surface area contributed by atoms with E-state index in [-0.39, 0.29) is 102 Å². The lowest BCUT2D eigenvalue weighted by molar-refractivity contribution is -0.149. The zero-order valence-electron chi connectivity index (χ0n) is 73.1. The number of benzene rings is 3. The van der Waals surface area contributed by atoms with E-state index in [1.807, 2.05) is 6.92 Å². The Kier molecular flexibility index (Phi) is 37.1. The molecule has 3 aliphatic heterocycles. The van der Waals surface area contributed by atoms with Crippen molar-refractivity contribution in [3.8, 4) is 5.75 Å². The molecule has 2 aromatic heterocycles. The summed E-state index contributed by atoms with van der Waals surface area (Å²) in [6.45, 7) is 9.92. The molecule has 17 amide bonds. The van der Waals surface area contributed by atoms with Crippen molar-refractivity contribution in [1.29, 1.82) is 5.41 Å². The Morgan fingerprint density at radius 2 is 1.09 bits per heavy atom. The van der Waals surface area contributed by atoms with Crippen LogP contribution in [0, 0.1) is 11.3 Å². The van der Waals surface area contributed by atoms with E-state index in [2.05, 4.69) is 75.0 Å². The van der Waals surface area contributed by atoms with Gasteiger partial charge in [0.15, 0.2) is 5.96 Å². The minimum atomic E-state index is -1.82. The third-order valence-corrected chi connectivity index (χ3v) is 23.8. The number of aromatic amines is 2. The Bertz CT molecular complexity index is 4890. The van der Waals surface area contributed by atoms with Crippen LogP contribution in [-0.4, -0.2) is 301 Å². The third kappa shape index (κ3) is 27.4. The Balaban J connectivity index is 1.16. The lowest BCUT2D eigenvalue weighted by Gasteiger charge is -2.35. The number of likely N-dealkylation sites (N-methyl/N-ethyl adjacent to an activating group) is 3. The number of H-pyrrole nitrogens is 2. The Hall–Kier alpha value is -13.1. The zero-order chi connectivity index (χ0) is 93.9. The number of phenolic OH excluding ortho intramolecular Hbond substituents is 1. The molecule has 14 atom stereocenters. The van der Waals surface area contributed by atoms with Crippen LogP contribution in [0.2, 0.25) is 0 Å². The minimum Gasteiger partial charge on any atom is -0.508 e. The summed E-state index contributed by atoms with van der Waals surface area (Å²) >= 11 is 0.748. The number of nitrogens with two attached hydrogens (primary N) is 3. The minimum absolute atomic E-state index is 0.000426. The number of fused-ring (bicyclic) bond motifs is 4. The van der Waals surface area contributed by atoms with Gasteiger partial charge in [0.1, 0.15) is 90.3 Å². The van der Waals surface area contributed by atoms with Gasteiger partial charge in [-0.05, 0) is 112 Å². The van der Waals surface area contributed by atoms with Gasteiger partial charge < -0.3 is 120 Å². The summed E-state index contributed by atoms with van der Waals surface area (Å²) in [5.41, 5.74) is 19.5. The molecule has 5 heterocycles. The van der Waals surface area contributed by atoms with Crippen LogP contribution in [0.3, 0.4) is 0 Å². The summed E-state index contributed by atoms with van der Waals surface area (Å²) in [5.74, 6) is -17.6. The van der Waals surface area contributed by atoms with E-state index in [9.17, 15) is 67.7 Å². The molecule has 128 heavy (non-hydrogen) atoms. The molecule has 0 aliphatic carbocycles. The summed E-state index contributed by atoms with van der Waals surface area (Å²) in [4.78, 5) is 258. The van der Waals surface area contributed by atoms with Crippen LogP contribution >= 0.6 is 11.8 Å². The molecular formula is C86H120N22O19S. The smallest absolute Gasteiger partial charge is 0.247 e. The molecule has 0 bridgehead atoms. The molecule has 2 unspecified atom stereocenters. The van der Waals surface area contributed by atoms with Crippen LogP contribution in [0.15, 0.2) is 97.8 Å². The van der Waals surface area contributed by atoms with Gasteiger partial charge in [-0.15, -0.1) is 18.3 Å². The second kappa shape index (κ2) is 47.4. The maximum atomic E-state index is 15.5. The number of carbonyl (C=O) groups excluding carboxylic acids is 17. The van der Waals surface area contributed by atoms with Crippen LogP contribution < -0.4 is 75.7 Å². The normalized spacial score (nSPS) is 24.8. The topological polar surface area (TPSA) is 613 Å². The molecule has 3 saturated heterocycles. The van der Waals surface area contributed by atoms with E-state index >= 15 is 24.0 Å². The first-order valence-electron chi connectivity index (χ1n) is 42.6. The first-order valence-corrected chi connectivity index (χ1v) is 43.7. The van der Waals surface area contributed by atoms with Gasteiger partial charge in [-0.3, -0.25) is 86.9 Å². The summed E-state index contributed by atoms with van der Waals surface area (Å²) in [6, 6.07) is -1.35. The molecule has 0 radical (unpaired) electrons. The van der Waals surface area contributed by atoms with Crippen molar-refractivity contribution in [3.05, 3.63) is 115 Å². The summed E-state index contributed by atoms with van der Waals surface area (Å²) in [6.07, 6.45) is 4.03. The molecule has 5 aromatic rings. The van der Waals surface area contributed by atoms with E-state index in [0.29, 0.717) is 51.3 Å². The number of amides is 17. The van der Waals surface area contributed by atoms with Gasteiger partial charge in [0, 0.05) is 100.0 Å². The molecular weight excluding hydrogens is 1680 g/mol. The van der Waals surface area contributed by atoms with E-state index in [1.54, 1.807) is 74.8 Å². The zero-order valence-corrected chi connectivity index (χ0v) is 73.9. The number of guanidine groups is 1. The summed E-state index contributed by atoms with van der Waals surface area (Å²) in [5, 5.41) is 58.9. The number of hydrogen-bond acceptors (Lipinski definition) is 21. The Morgan fingerprint density at radius 3 is 1.65 bits per heavy atom. The summed E-state index contributed by atoms with van der Waals surface area (Å²) in [7, 11) is 3.84.